The Hall–Kier alpha value is -1.59. The summed E-state index contributed by atoms with van der Waals surface area (Å²) in [5, 5.41) is 0. The molecule has 0 heterocycles. The Balaban J connectivity index is 3.26. The lowest BCUT2D eigenvalue weighted by atomic mass is 10.2. The quantitative estimate of drug-likeness (QED) is 0.150. The lowest BCUT2D eigenvalue weighted by Crippen LogP contribution is -2.07. The maximum atomic E-state index is 10.5. The van der Waals surface area contributed by atoms with Gasteiger partial charge in [-0.3, -0.25) is 0 Å². The van der Waals surface area contributed by atoms with Gasteiger partial charge in [-0.2, -0.15) is 4.79 Å². The third kappa shape index (κ3) is 6.53. The molecule has 4 heteroatoms. The third-order valence-electron chi connectivity index (χ3n) is 1.12. The van der Waals surface area contributed by atoms with E-state index in [1.54, 1.807) is 0 Å². The Bertz CT molecular complexity index is 224. The summed E-state index contributed by atoms with van der Waals surface area (Å²) < 4.78 is 4.61. The van der Waals surface area contributed by atoms with E-state index in [1.165, 1.54) is 0 Å². The van der Waals surface area contributed by atoms with Crippen molar-refractivity contribution < 1.29 is 14.3 Å². The monoisotopic (exact) mass is 166 g/mol. The molecular formula is C8H10N2O2. The van der Waals surface area contributed by atoms with E-state index in [2.05, 4.69) is 15.4 Å². The first-order valence-corrected chi connectivity index (χ1v) is 3.59. The molecule has 0 aromatic rings. The topological polar surface area (TPSA) is 62.7 Å². The van der Waals surface area contributed by atoms with Crippen LogP contribution in [0, 0.1) is 12.3 Å². The fourth-order valence-electron chi connectivity index (χ4n) is 0.586. The van der Waals surface area contributed by atoms with Gasteiger partial charge in [0.15, 0.2) is 0 Å². The summed E-state index contributed by atoms with van der Waals surface area (Å²) in [6, 6.07) is 0. The maximum absolute atomic E-state index is 10.5. The third-order valence-corrected chi connectivity index (χ3v) is 1.12. The number of carbonyl (C=O) groups excluding carboxylic acids is 1. The maximum Gasteiger partial charge on any atom is 0.413 e. The van der Waals surface area contributed by atoms with Gasteiger partial charge in [0, 0.05) is 6.42 Å². The Morgan fingerprint density at radius 1 is 1.67 bits per heavy atom. The van der Waals surface area contributed by atoms with Crippen LogP contribution in [0.25, 0.3) is 5.53 Å². The van der Waals surface area contributed by atoms with Crippen molar-refractivity contribution in [2.45, 2.75) is 19.3 Å². The zero-order valence-corrected chi connectivity index (χ0v) is 6.69. The number of hydrogen-bond acceptors (Lipinski definition) is 2. The van der Waals surface area contributed by atoms with Gasteiger partial charge in [-0.15, -0.1) is 12.3 Å². The van der Waals surface area contributed by atoms with E-state index in [0.29, 0.717) is 19.2 Å². The minimum atomic E-state index is -0.641. The second-order valence-electron chi connectivity index (χ2n) is 2.07. The van der Waals surface area contributed by atoms with Gasteiger partial charge in [-0.05, 0) is 12.8 Å². The molecule has 0 rings (SSSR count). The zero-order chi connectivity index (χ0) is 9.23. The van der Waals surface area contributed by atoms with E-state index in [0.717, 1.165) is 12.8 Å². The molecule has 0 saturated heterocycles. The number of nitrogens with zero attached hydrogens (tertiary/aromatic N) is 2. The van der Waals surface area contributed by atoms with Crippen LogP contribution in [0.3, 0.4) is 0 Å². The molecule has 0 aliphatic rings. The fourth-order valence-corrected chi connectivity index (χ4v) is 0.586. The minimum absolute atomic E-state index is 0.312. The molecule has 0 unspecified atom stereocenters. The lowest BCUT2D eigenvalue weighted by molar-refractivity contribution is -0.139. The van der Waals surface area contributed by atoms with Gasteiger partial charge < -0.3 is 10.3 Å². The molecule has 0 atom stereocenters. The summed E-state index contributed by atoms with van der Waals surface area (Å²) >= 11 is 0. The van der Waals surface area contributed by atoms with E-state index in [-0.39, 0.29) is 0 Å². The minimum Gasteiger partial charge on any atom is -0.457 e. The first-order chi connectivity index (χ1) is 5.81. The highest BCUT2D eigenvalue weighted by Gasteiger charge is 2.00. The highest BCUT2D eigenvalue weighted by molar-refractivity contribution is 6.20. The molecule has 0 amide bonds. The Morgan fingerprint density at radius 2 is 2.42 bits per heavy atom. The van der Waals surface area contributed by atoms with E-state index < -0.39 is 5.97 Å². The van der Waals surface area contributed by atoms with Gasteiger partial charge in [0.2, 0.25) is 0 Å². The molecule has 0 fully saturated rings. The number of carbonyl (C=O) groups is 1. The second kappa shape index (κ2) is 7.52. The van der Waals surface area contributed by atoms with Gasteiger partial charge in [0.1, 0.15) is 0 Å². The van der Waals surface area contributed by atoms with Gasteiger partial charge in [0.25, 0.3) is 0 Å². The molecule has 0 aromatic carbocycles. The van der Waals surface area contributed by atoms with E-state index in [9.17, 15) is 4.79 Å². The number of terminal acetylenes is 1. The predicted molar refractivity (Wildman–Crippen MR) is 43.3 cm³/mol. The smallest absolute Gasteiger partial charge is 0.413 e. The van der Waals surface area contributed by atoms with Gasteiger partial charge >= 0.3 is 12.2 Å². The Morgan fingerprint density at radius 3 is 3.00 bits per heavy atom. The molecule has 0 aromatic heterocycles. The molecule has 64 valence electrons. The van der Waals surface area contributed by atoms with E-state index in [4.69, 9.17) is 12.0 Å². The molecule has 0 radical (unpaired) electrons. The molecule has 0 spiro atoms. The van der Waals surface area contributed by atoms with Crippen LogP contribution >= 0.6 is 0 Å². The number of unbranched alkanes of at least 4 members (excludes halogenated alkanes) is 2. The number of ether oxygens (including phenoxy) is 1. The van der Waals surface area contributed by atoms with Crippen LogP contribution in [0.1, 0.15) is 19.3 Å². The van der Waals surface area contributed by atoms with Crippen molar-refractivity contribution in [1.29, 1.82) is 0 Å². The van der Waals surface area contributed by atoms with Gasteiger partial charge in [0.05, 0.1) is 6.61 Å². The molecule has 0 saturated carbocycles. The standard InChI is InChI=1S/C8H10N2O2/c1-2-3-4-5-6-12-8(11)7-10-9/h1,7H,3-6H2. The average Bonchev–Trinajstić information content (AvgIpc) is 2.05. The highest BCUT2D eigenvalue weighted by atomic mass is 16.5. The van der Waals surface area contributed by atoms with Crippen molar-refractivity contribution in [1.82, 2.24) is 0 Å². The first-order valence-electron chi connectivity index (χ1n) is 3.59. The van der Waals surface area contributed by atoms with Crippen molar-refractivity contribution in [2.24, 2.45) is 0 Å². The molecule has 0 bridgehead atoms. The second-order valence-corrected chi connectivity index (χ2v) is 2.07. The largest absolute Gasteiger partial charge is 0.457 e. The Labute approximate surface area is 71.2 Å². The van der Waals surface area contributed by atoms with Crippen molar-refractivity contribution in [2.75, 3.05) is 6.61 Å². The van der Waals surface area contributed by atoms with Crippen LogP contribution in [0.5, 0.6) is 0 Å². The molecule has 12 heavy (non-hydrogen) atoms. The van der Waals surface area contributed by atoms with Crippen LogP contribution in [-0.2, 0) is 9.53 Å². The summed E-state index contributed by atoms with van der Waals surface area (Å²) in [7, 11) is 0. The normalized spacial score (nSPS) is 7.92. The van der Waals surface area contributed by atoms with Crippen molar-refractivity contribution in [3.63, 3.8) is 0 Å². The van der Waals surface area contributed by atoms with Crippen molar-refractivity contribution >= 4 is 12.2 Å². The SMILES string of the molecule is C#CCCCCOC(=O)C=[N+]=[N-]. The van der Waals surface area contributed by atoms with Crippen LogP contribution < -0.4 is 0 Å². The van der Waals surface area contributed by atoms with Gasteiger partial charge in [-0.25, -0.2) is 4.79 Å². The molecule has 0 aliphatic carbocycles. The summed E-state index contributed by atoms with van der Waals surface area (Å²) in [6.07, 6.45) is 7.97. The summed E-state index contributed by atoms with van der Waals surface area (Å²) in [5.74, 6) is 1.83. The zero-order valence-electron chi connectivity index (χ0n) is 6.69. The van der Waals surface area contributed by atoms with Crippen LogP contribution in [0.15, 0.2) is 0 Å². The summed E-state index contributed by atoms with van der Waals surface area (Å²) in [6.45, 7) is 0.312. The fraction of sp³-hybridized carbons (Fsp3) is 0.500. The number of rotatable bonds is 5. The van der Waals surface area contributed by atoms with Crippen molar-refractivity contribution in [3.8, 4) is 12.3 Å². The van der Waals surface area contributed by atoms with Crippen LogP contribution in [-0.4, -0.2) is 23.6 Å². The molecule has 0 aliphatic heterocycles. The number of esters is 1. The van der Waals surface area contributed by atoms with E-state index >= 15 is 0 Å². The summed E-state index contributed by atoms with van der Waals surface area (Å²) in [5.41, 5.74) is 7.92. The average molecular weight is 166 g/mol. The van der Waals surface area contributed by atoms with Crippen LogP contribution in [0.4, 0.5) is 0 Å². The Kier molecular flexibility index (Phi) is 6.52. The summed E-state index contributed by atoms with van der Waals surface area (Å²) in [4.78, 5) is 13.0. The van der Waals surface area contributed by atoms with Crippen LogP contribution in [0.2, 0.25) is 0 Å². The predicted octanol–water partition coefficient (Wildman–Crippen LogP) is 0.634. The van der Waals surface area contributed by atoms with Gasteiger partial charge in [-0.1, -0.05) is 0 Å². The number of hydrogen-bond donors (Lipinski definition) is 0. The first kappa shape index (κ1) is 10.4. The lowest BCUT2D eigenvalue weighted by Gasteiger charge is -1.96. The van der Waals surface area contributed by atoms with E-state index in [1.807, 2.05) is 0 Å². The highest BCUT2D eigenvalue weighted by Crippen LogP contribution is 1.93. The molecule has 0 N–H and O–H groups in total. The molecule has 4 nitrogen and oxygen atoms in total. The van der Waals surface area contributed by atoms with Crippen molar-refractivity contribution in [3.05, 3.63) is 5.53 Å². The molecular weight excluding hydrogens is 156 g/mol.